The van der Waals surface area contributed by atoms with Crippen LogP contribution in [-0.4, -0.2) is 50.6 Å². The molecule has 0 aliphatic carbocycles. The first-order valence-electron chi connectivity index (χ1n) is 6.38. The second-order valence-corrected chi connectivity index (χ2v) is 6.86. The maximum absolute atomic E-state index is 13.3. The van der Waals surface area contributed by atoms with E-state index in [-0.39, 0.29) is 10.8 Å². The summed E-state index contributed by atoms with van der Waals surface area (Å²) in [5.41, 5.74) is -0.649. The smallest absolute Gasteiger partial charge is 0.338 e. The highest BCUT2D eigenvalue weighted by Crippen LogP contribution is 2.25. The second-order valence-electron chi connectivity index (χ2n) is 4.92. The van der Waals surface area contributed by atoms with Crippen molar-refractivity contribution < 1.29 is 27.4 Å². The predicted molar refractivity (Wildman–Crippen MR) is 72.1 cm³/mol. The van der Waals surface area contributed by atoms with E-state index in [4.69, 9.17) is 9.84 Å². The fraction of sp³-hybridized carbons (Fsp3) is 0.462. The number of carbonyl (C=O) groups is 1. The Morgan fingerprint density at radius 3 is 2.86 bits per heavy atom. The topological polar surface area (TPSA) is 83.9 Å². The monoisotopic (exact) mass is 317 g/mol. The van der Waals surface area contributed by atoms with Gasteiger partial charge in [-0.1, -0.05) is 0 Å². The fourth-order valence-corrected chi connectivity index (χ4v) is 3.92. The van der Waals surface area contributed by atoms with Crippen molar-refractivity contribution >= 4 is 16.0 Å². The number of hydrogen-bond acceptors (Lipinski definition) is 4. The van der Waals surface area contributed by atoms with Crippen LogP contribution in [0.2, 0.25) is 0 Å². The summed E-state index contributed by atoms with van der Waals surface area (Å²) in [4.78, 5) is 10.7. The number of carboxylic acid groups (broad SMARTS) is 1. The zero-order valence-corrected chi connectivity index (χ0v) is 12.3. The third kappa shape index (κ3) is 3.22. The third-order valence-electron chi connectivity index (χ3n) is 3.46. The minimum atomic E-state index is -3.81. The van der Waals surface area contributed by atoms with Crippen LogP contribution in [0.1, 0.15) is 16.8 Å². The molecule has 0 spiro atoms. The first kappa shape index (κ1) is 15.9. The average Bonchev–Trinajstić information content (AvgIpc) is 2.88. The van der Waals surface area contributed by atoms with E-state index in [0.29, 0.717) is 26.1 Å². The van der Waals surface area contributed by atoms with Crippen molar-refractivity contribution in [3.8, 4) is 0 Å². The van der Waals surface area contributed by atoms with Crippen LogP contribution in [0.5, 0.6) is 0 Å². The highest BCUT2D eigenvalue weighted by molar-refractivity contribution is 7.89. The maximum Gasteiger partial charge on any atom is 0.338 e. The van der Waals surface area contributed by atoms with Gasteiger partial charge in [-0.3, -0.25) is 0 Å². The maximum atomic E-state index is 13.3. The van der Waals surface area contributed by atoms with Crippen LogP contribution in [0.4, 0.5) is 4.39 Å². The minimum absolute atomic E-state index is 0.115. The van der Waals surface area contributed by atoms with Crippen molar-refractivity contribution in [2.75, 3.05) is 26.8 Å². The molecule has 2 rings (SSSR count). The molecule has 1 aliphatic heterocycles. The Balaban J connectivity index is 2.28. The molecule has 6 nitrogen and oxygen atoms in total. The zero-order chi connectivity index (χ0) is 15.6. The van der Waals surface area contributed by atoms with Gasteiger partial charge in [0.25, 0.3) is 0 Å². The molecule has 0 radical (unpaired) electrons. The van der Waals surface area contributed by atoms with E-state index in [0.717, 1.165) is 18.2 Å². The molecule has 1 aliphatic rings. The lowest BCUT2D eigenvalue weighted by Crippen LogP contribution is -2.29. The summed E-state index contributed by atoms with van der Waals surface area (Å²) in [6.45, 7) is 1.13. The van der Waals surface area contributed by atoms with Crippen molar-refractivity contribution in [3.05, 3.63) is 29.6 Å². The first-order valence-corrected chi connectivity index (χ1v) is 7.82. The summed E-state index contributed by atoms with van der Waals surface area (Å²) in [6.07, 6.45) is 0.681. The molecule has 1 aromatic carbocycles. The molecule has 8 heteroatoms. The number of halogens is 1. The van der Waals surface area contributed by atoms with Gasteiger partial charge >= 0.3 is 5.97 Å². The van der Waals surface area contributed by atoms with Gasteiger partial charge in [-0.15, -0.1) is 0 Å². The number of rotatable bonds is 5. The van der Waals surface area contributed by atoms with E-state index >= 15 is 0 Å². The Hall–Kier alpha value is -1.51. The summed E-state index contributed by atoms with van der Waals surface area (Å²) in [7, 11) is -2.26. The second kappa shape index (κ2) is 6.08. The van der Waals surface area contributed by atoms with Gasteiger partial charge < -0.3 is 9.84 Å². The van der Waals surface area contributed by atoms with Gasteiger partial charge in [-0.25, -0.2) is 17.6 Å². The highest BCUT2D eigenvalue weighted by Gasteiger charge is 2.33. The standard InChI is InChI=1S/C13H16FNO5S/c1-20-8-9-4-5-15(7-9)21(18,19)10-2-3-12(14)11(6-10)13(16)17/h2-3,6,9H,4-5,7-8H2,1H3,(H,16,17). The lowest BCUT2D eigenvalue weighted by atomic mass is 10.1. The lowest BCUT2D eigenvalue weighted by Gasteiger charge is -2.17. The molecular formula is C13H16FNO5S. The van der Waals surface area contributed by atoms with Gasteiger partial charge in [0.2, 0.25) is 10.0 Å². The Kier molecular flexibility index (Phi) is 4.60. The van der Waals surface area contributed by atoms with Crippen LogP contribution < -0.4 is 0 Å². The van der Waals surface area contributed by atoms with Crippen molar-refractivity contribution in [3.63, 3.8) is 0 Å². The normalized spacial score (nSPS) is 19.8. The summed E-state index contributed by atoms with van der Waals surface area (Å²) >= 11 is 0. The number of nitrogens with zero attached hydrogens (tertiary/aromatic N) is 1. The largest absolute Gasteiger partial charge is 0.478 e. The summed E-state index contributed by atoms with van der Waals surface area (Å²) < 4.78 is 44.5. The first-order chi connectivity index (χ1) is 9.86. The fourth-order valence-electron chi connectivity index (χ4n) is 2.36. The molecule has 1 fully saturated rings. The van der Waals surface area contributed by atoms with Crippen LogP contribution in [-0.2, 0) is 14.8 Å². The van der Waals surface area contributed by atoms with Gasteiger partial charge in [0.15, 0.2) is 0 Å². The number of ether oxygens (including phenoxy) is 1. The highest BCUT2D eigenvalue weighted by atomic mass is 32.2. The van der Waals surface area contributed by atoms with Crippen LogP contribution in [0, 0.1) is 11.7 Å². The molecule has 0 saturated carbocycles. The van der Waals surface area contributed by atoms with Gasteiger partial charge in [0.1, 0.15) is 5.82 Å². The van der Waals surface area contributed by atoms with Gasteiger partial charge in [-0.2, -0.15) is 4.31 Å². The van der Waals surface area contributed by atoms with E-state index in [9.17, 15) is 17.6 Å². The molecule has 1 atom stereocenters. The van der Waals surface area contributed by atoms with E-state index in [2.05, 4.69) is 0 Å². The van der Waals surface area contributed by atoms with E-state index in [1.165, 1.54) is 4.31 Å². The van der Waals surface area contributed by atoms with Crippen LogP contribution >= 0.6 is 0 Å². The summed E-state index contributed by atoms with van der Waals surface area (Å²) in [5.74, 6) is -2.34. The molecule has 1 saturated heterocycles. The van der Waals surface area contributed by atoms with E-state index < -0.39 is 27.4 Å². The number of benzene rings is 1. The molecule has 0 bridgehead atoms. The molecule has 1 unspecified atom stereocenters. The van der Waals surface area contributed by atoms with Gasteiger partial charge in [-0.05, 0) is 30.5 Å². The van der Waals surface area contributed by atoms with Crippen molar-refractivity contribution in [1.29, 1.82) is 0 Å². The summed E-state index contributed by atoms with van der Waals surface area (Å²) in [5, 5.41) is 8.87. The molecule has 116 valence electrons. The number of sulfonamides is 1. The lowest BCUT2D eigenvalue weighted by molar-refractivity contribution is 0.0691. The molecule has 1 aromatic rings. The third-order valence-corrected chi connectivity index (χ3v) is 5.32. The Morgan fingerprint density at radius 1 is 1.52 bits per heavy atom. The molecular weight excluding hydrogens is 301 g/mol. The molecule has 1 heterocycles. The van der Waals surface area contributed by atoms with Crippen LogP contribution in [0.15, 0.2) is 23.1 Å². The van der Waals surface area contributed by atoms with Gasteiger partial charge in [0, 0.05) is 20.2 Å². The zero-order valence-electron chi connectivity index (χ0n) is 11.5. The number of methoxy groups -OCH3 is 1. The van der Waals surface area contributed by atoms with Crippen molar-refractivity contribution in [2.24, 2.45) is 5.92 Å². The number of aromatic carboxylic acids is 1. The summed E-state index contributed by atoms with van der Waals surface area (Å²) in [6, 6.07) is 2.80. The number of hydrogen-bond donors (Lipinski definition) is 1. The Morgan fingerprint density at radius 2 is 2.24 bits per heavy atom. The van der Waals surface area contributed by atoms with Gasteiger partial charge in [0.05, 0.1) is 17.1 Å². The predicted octanol–water partition coefficient (Wildman–Crippen LogP) is 1.18. The minimum Gasteiger partial charge on any atom is -0.478 e. The Labute approximate surface area is 122 Å². The average molecular weight is 317 g/mol. The van der Waals surface area contributed by atoms with Crippen molar-refractivity contribution in [2.45, 2.75) is 11.3 Å². The SMILES string of the molecule is COCC1CCN(S(=O)(=O)c2ccc(F)c(C(=O)O)c2)C1. The number of carboxylic acids is 1. The van der Waals surface area contributed by atoms with Crippen LogP contribution in [0.3, 0.4) is 0 Å². The van der Waals surface area contributed by atoms with Crippen molar-refractivity contribution in [1.82, 2.24) is 4.31 Å². The van der Waals surface area contributed by atoms with Crippen LogP contribution in [0.25, 0.3) is 0 Å². The Bertz CT molecular complexity index is 646. The quantitative estimate of drug-likeness (QED) is 0.881. The molecule has 21 heavy (non-hydrogen) atoms. The molecule has 0 aromatic heterocycles. The molecule has 0 amide bonds. The van der Waals surface area contributed by atoms with E-state index in [1.54, 1.807) is 7.11 Å². The molecule has 1 N–H and O–H groups in total. The van der Waals surface area contributed by atoms with E-state index in [1.807, 2.05) is 0 Å².